The Morgan fingerprint density at radius 2 is 2.21 bits per heavy atom. The number of carbonyl (C=O) groups excluding carboxylic acids is 1. The van der Waals surface area contributed by atoms with Crippen LogP contribution in [0.1, 0.15) is 16.1 Å². The van der Waals surface area contributed by atoms with Gasteiger partial charge in [-0.3, -0.25) is 4.79 Å². The lowest BCUT2D eigenvalue weighted by atomic mass is 10.2. The molecule has 1 aromatic heterocycles. The topological polar surface area (TPSA) is 60.4 Å². The van der Waals surface area contributed by atoms with Crippen LogP contribution in [-0.2, 0) is 0 Å². The summed E-state index contributed by atoms with van der Waals surface area (Å²) in [5, 5.41) is 7.77. The van der Waals surface area contributed by atoms with Crippen molar-refractivity contribution in [3.05, 3.63) is 17.5 Å². The summed E-state index contributed by atoms with van der Waals surface area (Å²) in [6.45, 7) is 4.60. The maximum absolute atomic E-state index is 11.9. The van der Waals surface area contributed by atoms with Crippen molar-refractivity contribution in [2.24, 2.45) is 0 Å². The van der Waals surface area contributed by atoms with Crippen molar-refractivity contribution in [3.8, 4) is 0 Å². The predicted molar refractivity (Wildman–Crippen MR) is 49.0 cm³/mol. The minimum absolute atomic E-state index is 0.00125. The highest BCUT2D eigenvalue weighted by Crippen LogP contribution is 2.10. The Kier molecular flexibility index (Phi) is 2.49. The maximum atomic E-state index is 11.9. The zero-order valence-electron chi connectivity index (χ0n) is 8.06. The van der Waals surface area contributed by atoms with E-state index in [9.17, 15) is 4.79 Å². The van der Waals surface area contributed by atoms with Crippen molar-refractivity contribution in [3.63, 3.8) is 0 Å². The molecule has 75 valence electrons. The Labute approximate surface area is 82.1 Å². The van der Waals surface area contributed by atoms with Gasteiger partial charge in [0.2, 0.25) is 0 Å². The Bertz CT molecular complexity index is 329. The molecule has 1 aliphatic heterocycles. The average Bonchev–Trinajstić information content (AvgIpc) is 2.65. The van der Waals surface area contributed by atoms with Gasteiger partial charge in [-0.2, -0.15) is 0 Å². The van der Waals surface area contributed by atoms with Gasteiger partial charge in [-0.15, -0.1) is 0 Å². The molecule has 2 rings (SSSR count). The predicted octanol–water partition coefficient (Wildman–Crippen LogP) is 0.0432. The van der Waals surface area contributed by atoms with E-state index >= 15 is 0 Å². The lowest BCUT2D eigenvalue weighted by molar-refractivity contribution is 0.0732. The highest BCUT2D eigenvalue weighted by molar-refractivity contribution is 5.94. The van der Waals surface area contributed by atoms with Gasteiger partial charge in [-0.1, -0.05) is 5.16 Å². The molecule has 0 atom stereocenters. The normalized spacial score (nSPS) is 17.1. The van der Waals surface area contributed by atoms with Crippen molar-refractivity contribution in [2.75, 3.05) is 26.2 Å². The molecular formula is C9H12N3O2. The van der Waals surface area contributed by atoms with Gasteiger partial charge in [0, 0.05) is 26.2 Å². The third kappa shape index (κ3) is 1.63. The van der Waals surface area contributed by atoms with Gasteiger partial charge < -0.3 is 9.42 Å². The molecule has 0 N–H and O–H groups in total. The van der Waals surface area contributed by atoms with Gasteiger partial charge in [0.1, 0.15) is 11.3 Å². The number of carbonyl (C=O) groups is 1. The van der Waals surface area contributed by atoms with Crippen LogP contribution < -0.4 is 5.32 Å². The minimum atomic E-state index is -0.00125. The third-order valence-corrected chi connectivity index (χ3v) is 2.32. The number of aromatic nitrogens is 1. The van der Waals surface area contributed by atoms with Crippen LogP contribution in [0.3, 0.4) is 0 Å². The first-order chi connectivity index (χ1) is 6.79. The highest BCUT2D eigenvalue weighted by Gasteiger charge is 2.21. The highest BCUT2D eigenvalue weighted by atomic mass is 16.5. The summed E-state index contributed by atoms with van der Waals surface area (Å²) < 4.78 is 4.86. The Morgan fingerprint density at radius 3 is 2.79 bits per heavy atom. The summed E-state index contributed by atoms with van der Waals surface area (Å²) in [6, 6.07) is 0. The second-order valence-electron chi connectivity index (χ2n) is 3.26. The number of hydrogen-bond acceptors (Lipinski definition) is 3. The van der Waals surface area contributed by atoms with Crippen molar-refractivity contribution >= 4 is 5.91 Å². The number of rotatable bonds is 1. The fraction of sp³-hybridized carbons (Fsp3) is 0.556. The molecular weight excluding hydrogens is 182 g/mol. The molecule has 1 aliphatic rings. The molecule has 5 nitrogen and oxygen atoms in total. The first-order valence-corrected chi connectivity index (χ1v) is 4.63. The average molecular weight is 194 g/mol. The second kappa shape index (κ2) is 3.79. The number of aryl methyl sites for hydroxylation is 1. The van der Waals surface area contributed by atoms with E-state index in [-0.39, 0.29) is 5.91 Å². The fourth-order valence-electron chi connectivity index (χ4n) is 1.48. The van der Waals surface area contributed by atoms with Crippen LogP contribution in [0.4, 0.5) is 0 Å². The molecule has 0 aromatic carbocycles. The summed E-state index contributed by atoms with van der Waals surface area (Å²) >= 11 is 0. The van der Waals surface area contributed by atoms with Crippen molar-refractivity contribution < 1.29 is 9.32 Å². The Hall–Kier alpha value is -1.36. The zero-order chi connectivity index (χ0) is 9.97. The fourth-order valence-corrected chi connectivity index (χ4v) is 1.48. The summed E-state index contributed by atoms with van der Waals surface area (Å²) in [4.78, 5) is 13.7. The third-order valence-electron chi connectivity index (χ3n) is 2.32. The van der Waals surface area contributed by atoms with Crippen LogP contribution in [0.15, 0.2) is 10.7 Å². The Morgan fingerprint density at radius 1 is 1.50 bits per heavy atom. The largest absolute Gasteiger partial charge is 0.361 e. The molecule has 1 radical (unpaired) electrons. The number of nitrogens with zero attached hydrogens (tertiary/aromatic N) is 3. The van der Waals surface area contributed by atoms with E-state index in [1.54, 1.807) is 11.8 Å². The van der Waals surface area contributed by atoms with Crippen LogP contribution in [0, 0.1) is 6.92 Å². The standard InChI is InChI=1S/C9H12N3O2/c1-7-8(6-11-14-7)9(13)12-4-2-10-3-5-12/h6H,2-5H2,1H3. The molecule has 1 saturated heterocycles. The van der Waals surface area contributed by atoms with E-state index in [1.165, 1.54) is 6.20 Å². The molecule has 14 heavy (non-hydrogen) atoms. The lowest BCUT2D eigenvalue weighted by Gasteiger charge is -2.25. The first-order valence-electron chi connectivity index (χ1n) is 4.63. The van der Waals surface area contributed by atoms with Crippen LogP contribution >= 0.6 is 0 Å². The van der Waals surface area contributed by atoms with Crippen LogP contribution in [0.2, 0.25) is 0 Å². The molecule has 1 aromatic rings. The molecule has 1 fully saturated rings. The van der Waals surface area contributed by atoms with Crippen molar-refractivity contribution in [1.82, 2.24) is 15.4 Å². The summed E-state index contributed by atoms with van der Waals surface area (Å²) in [5.74, 6) is 0.580. The molecule has 0 unspecified atom stereocenters. The molecule has 0 spiro atoms. The molecule has 1 amide bonds. The van der Waals surface area contributed by atoms with Gasteiger partial charge in [-0.25, -0.2) is 5.32 Å². The van der Waals surface area contributed by atoms with Crippen molar-refractivity contribution in [2.45, 2.75) is 6.92 Å². The number of hydrogen-bond donors (Lipinski definition) is 0. The van der Waals surface area contributed by atoms with Crippen molar-refractivity contribution in [1.29, 1.82) is 0 Å². The zero-order valence-corrected chi connectivity index (χ0v) is 8.06. The summed E-state index contributed by atoms with van der Waals surface area (Å²) in [5.41, 5.74) is 0.562. The summed E-state index contributed by atoms with van der Waals surface area (Å²) in [7, 11) is 0. The van der Waals surface area contributed by atoms with E-state index in [0.717, 1.165) is 13.1 Å². The molecule has 5 heteroatoms. The number of amides is 1. The molecule has 0 aliphatic carbocycles. The van der Waals surface area contributed by atoms with Gasteiger partial charge in [0.05, 0.1) is 6.20 Å². The lowest BCUT2D eigenvalue weighted by Crippen LogP contribution is -2.43. The van der Waals surface area contributed by atoms with E-state index in [4.69, 9.17) is 4.52 Å². The smallest absolute Gasteiger partial charge is 0.259 e. The molecule has 0 bridgehead atoms. The van der Waals surface area contributed by atoms with E-state index in [2.05, 4.69) is 10.5 Å². The SMILES string of the molecule is Cc1oncc1C(=O)N1CC[N]CC1. The van der Waals surface area contributed by atoms with E-state index < -0.39 is 0 Å². The summed E-state index contributed by atoms with van der Waals surface area (Å²) in [6.07, 6.45) is 1.48. The van der Waals surface area contributed by atoms with E-state index in [1.807, 2.05) is 0 Å². The molecule has 0 saturated carbocycles. The van der Waals surface area contributed by atoms with Gasteiger partial charge in [0.15, 0.2) is 0 Å². The quantitative estimate of drug-likeness (QED) is 0.634. The Balaban J connectivity index is 2.11. The van der Waals surface area contributed by atoms with Gasteiger partial charge in [-0.05, 0) is 6.92 Å². The van der Waals surface area contributed by atoms with Crippen LogP contribution in [0.25, 0.3) is 0 Å². The first kappa shape index (κ1) is 9.21. The van der Waals surface area contributed by atoms with Crippen LogP contribution in [-0.4, -0.2) is 42.1 Å². The van der Waals surface area contributed by atoms with E-state index in [0.29, 0.717) is 24.4 Å². The van der Waals surface area contributed by atoms with Gasteiger partial charge >= 0.3 is 0 Å². The molecule has 2 heterocycles. The second-order valence-corrected chi connectivity index (χ2v) is 3.26. The maximum Gasteiger partial charge on any atom is 0.259 e. The van der Waals surface area contributed by atoms with Crippen LogP contribution in [0.5, 0.6) is 0 Å². The monoisotopic (exact) mass is 194 g/mol. The van der Waals surface area contributed by atoms with Gasteiger partial charge in [0.25, 0.3) is 5.91 Å². The number of piperazine rings is 1. The minimum Gasteiger partial charge on any atom is -0.361 e.